The van der Waals surface area contributed by atoms with Crippen molar-refractivity contribution >= 4 is 29.3 Å². The number of carbonyl (C=O) groups excluding carboxylic acids is 2. The minimum atomic E-state index is -0.281. The fourth-order valence-electron chi connectivity index (χ4n) is 1.93. The normalized spacial score (nSPS) is 11.2. The third-order valence-corrected chi connectivity index (χ3v) is 3.62. The average Bonchev–Trinajstić information content (AvgIpc) is 2.91. The van der Waals surface area contributed by atoms with Gasteiger partial charge in [-0.2, -0.15) is 4.68 Å². The molecule has 0 unspecified atom stereocenters. The van der Waals surface area contributed by atoms with E-state index in [2.05, 4.69) is 26.2 Å². The molecule has 1 heterocycles. The fraction of sp³-hybridized carbons (Fsp3) is 0.400. The fourth-order valence-corrected chi connectivity index (χ4v) is 2.62. The summed E-state index contributed by atoms with van der Waals surface area (Å²) in [6, 6.07) is 7.15. The van der Waals surface area contributed by atoms with E-state index in [1.165, 1.54) is 23.4 Å². The second-order valence-corrected chi connectivity index (χ2v) is 7.13. The highest BCUT2D eigenvalue weighted by Gasteiger charge is 2.16. The molecule has 2 amide bonds. The van der Waals surface area contributed by atoms with Crippen LogP contribution in [0.25, 0.3) is 5.69 Å². The Morgan fingerprint density at radius 2 is 2.04 bits per heavy atom. The van der Waals surface area contributed by atoms with Crippen LogP contribution in [0.15, 0.2) is 29.4 Å². The van der Waals surface area contributed by atoms with Gasteiger partial charge in [0.1, 0.15) is 0 Å². The molecule has 0 saturated heterocycles. The number of aromatic nitrogens is 4. The molecule has 24 heavy (non-hydrogen) atoms. The molecular weight excluding hydrogens is 328 g/mol. The second kappa shape index (κ2) is 7.43. The summed E-state index contributed by atoms with van der Waals surface area (Å²) in [5.74, 6) is -0.0328. The molecule has 0 fully saturated rings. The Balaban J connectivity index is 2.10. The monoisotopic (exact) mass is 348 g/mol. The Bertz CT molecular complexity index is 738. The molecule has 1 aromatic heterocycles. The Morgan fingerprint density at radius 3 is 2.71 bits per heavy atom. The lowest BCUT2D eigenvalue weighted by molar-refractivity contribution is -0.120. The van der Waals surface area contributed by atoms with Gasteiger partial charge < -0.3 is 10.6 Å². The molecule has 2 rings (SSSR count). The SMILES string of the molecule is CC(=O)Nc1cccc(-n2nnnc2SCC(=O)NC(C)(C)C)c1. The number of thioether (sulfide) groups is 1. The molecule has 0 spiro atoms. The number of hydrogen-bond donors (Lipinski definition) is 2. The van der Waals surface area contributed by atoms with Gasteiger partial charge in [-0.15, -0.1) is 5.10 Å². The Hall–Kier alpha value is -2.42. The maximum Gasteiger partial charge on any atom is 0.230 e. The number of benzene rings is 1. The second-order valence-electron chi connectivity index (χ2n) is 6.19. The van der Waals surface area contributed by atoms with Gasteiger partial charge in [-0.25, -0.2) is 0 Å². The Labute approximate surface area is 144 Å². The molecule has 0 aliphatic heterocycles. The van der Waals surface area contributed by atoms with Crippen molar-refractivity contribution in [1.29, 1.82) is 0 Å². The van der Waals surface area contributed by atoms with E-state index in [0.717, 1.165) is 0 Å². The first kappa shape index (κ1) is 17.9. The number of anilines is 1. The zero-order valence-electron chi connectivity index (χ0n) is 14.0. The average molecular weight is 348 g/mol. The molecule has 0 atom stereocenters. The molecule has 0 aliphatic rings. The minimum Gasteiger partial charge on any atom is -0.351 e. The van der Waals surface area contributed by atoms with Crippen molar-refractivity contribution in [1.82, 2.24) is 25.5 Å². The van der Waals surface area contributed by atoms with Crippen LogP contribution in [0.3, 0.4) is 0 Å². The third kappa shape index (κ3) is 5.34. The molecule has 0 bridgehead atoms. The van der Waals surface area contributed by atoms with Crippen LogP contribution in [0.2, 0.25) is 0 Å². The molecule has 9 heteroatoms. The largest absolute Gasteiger partial charge is 0.351 e. The first-order valence-electron chi connectivity index (χ1n) is 7.35. The van der Waals surface area contributed by atoms with Gasteiger partial charge in [0.2, 0.25) is 17.0 Å². The van der Waals surface area contributed by atoms with Gasteiger partial charge in [0.15, 0.2) is 0 Å². The summed E-state index contributed by atoms with van der Waals surface area (Å²) in [5.41, 5.74) is 1.07. The zero-order chi connectivity index (χ0) is 17.7. The summed E-state index contributed by atoms with van der Waals surface area (Å²) in [6.07, 6.45) is 0. The van der Waals surface area contributed by atoms with Gasteiger partial charge in [-0.05, 0) is 49.4 Å². The van der Waals surface area contributed by atoms with Crippen molar-refractivity contribution in [2.24, 2.45) is 0 Å². The van der Waals surface area contributed by atoms with Crippen molar-refractivity contribution < 1.29 is 9.59 Å². The summed E-state index contributed by atoms with van der Waals surface area (Å²) in [5, 5.41) is 17.7. The van der Waals surface area contributed by atoms with Crippen molar-refractivity contribution in [3.05, 3.63) is 24.3 Å². The summed E-state index contributed by atoms with van der Waals surface area (Å²) in [6.45, 7) is 7.21. The number of nitrogens with one attached hydrogen (secondary N) is 2. The van der Waals surface area contributed by atoms with Crippen molar-refractivity contribution in [2.75, 3.05) is 11.1 Å². The number of nitrogens with zero attached hydrogens (tertiary/aromatic N) is 4. The molecule has 8 nitrogen and oxygen atoms in total. The van der Waals surface area contributed by atoms with Gasteiger partial charge in [-0.1, -0.05) is 17.8 Å². The van der Waals surface area contributed by atoms with Gasteiger partial charge in [0.05, 0.1) is 11.4 Å². The van der Waals surface area contributed by atoms with E-state index in [-0.39, 0.29) is 23.1 Å². The Morgan fingerprint density at radius 1 is 1.29 bits per heavy atom. The summed E-state index contributed by atoms with van der Waals surface area (Å²) < 4.78 is 1.53. The first-order valence-corrected chi connectivity index (χ1v) is 8.33. The van der Waals surface area contributed by atoms with E-state index < -0.39 is 0 Å². The molecule has 2 N–H and O–H groups in total. The van der Waals surface area contributed by atoms with Crippen LogP contribution >= 0.6 is 11.8 Å². The predicted molar refractivity (Wildman–Crippen MR) is 92.1 cm³/mol. The minimum absolute atomic E-state index is 0.0888. The van der Waals surface area contributed by atoms with Crippen LogP contribution in [0.1, 0.15) is 27.7 Å². The Kier molecular flexibility index (Phi) is 5.55. The lowest BCUT2D eigenvalue weighted by Crippen LogP contribution is -2.41. The molecule has 2 aromatic rings. The molecule has 1 aromatic carbocycles. The zero-order valence-corrected chi connectivity index (χ0v) is 14.8. The van der Waals surface area contributed by atoms with Gasteiger partial charge in [-0.3, -0.25) is 9.59 Å². The van der Waals surface area contributed by atoms with Crippen LogP contribution in [-0.4, -0.2) is 43.3 Å². The molecular formula is C15H20N6O2S. The van der Waals surface area contributed by atoms with E-state index in [4.69, 9.17) is 0 Å². The van der Waals surface area contributed by atoms with Gasteiger partial charge >= 0.3 is 0 Å². The van der Waals surface area contributed by atoms with E-state index >= 15 is 0 Å². The topological polar surface area (TPSA) is 102 Å². The van der Waals surface area contributed by atoms with E-state index in [9.17, 15) is 9.59 Å². The van der Waals surface area contributed by atoms with Gasteiger partial charge in [0, 0.05) is 18.2 Å². The van der Waals surface area contributed by atoms with Gasteiger partial charge in [0.25, 0.3) is 0 Å². The van der Waals surface area contributed by atoms with Crippen LogP contribution in [-0.2, 0) is 9.59 Å². The summed E-state index contributed by atoms with van der Waals surface area (Å²) >= 11 is 1.24. The highest BCUT2D eigenvalue weighted by atomic mass is 32.2. The maximum absolute atomic E-state index is 11.9. The van der Waals surface area contributed by atoms with Crippen LogP contribution in [0.5, 0.6) is 0 Å². The highest BCUT2D eigenvalue weighted by molar-refractivity contribution is 7.99. The van der Waals surface area contributed by atoms with Crippen LogP contribution in [0, 0.1) is 0 Å². The quantitative estimate of drug-likeness (QED) is 0.796. The summed E-state index contributed by atoms with van der Waals surface area (Å²) in [7, 11) is 0. The van der Waals surface area contributed by atoms with Crippen molar-refractivity contribution in [3.8, 4) is 5.69 Å². The lowest BCUT2D eigenvalue weighted by atomic mass is 10.1. The molecule has 0 radical (unpaired) electrons. The number of tetrazole rings is 1. The van der Waals surface area contributed by atoms with Crippen LogP contribution in [0.4, 0.5) is 5.69 Å². The number of hydrogen-bond acceptors (Lipinski definition) is 6. The van der Waals surface area contributed by atoms with Crippen LogP contribution < -0.4 is 10.6 Å². The lowest BCUT2D eigenvalue weighted by Gasteiger charge is -2.20. The number of rotatable bonds is 5. The standard InChI is InChI=1S/C15H20N6O2S/c1-10(22)16-11-6-5-7-12(8-11)21-14(18-19-20-21)24-9-13(23)17-15(2,3)4/h5-8H,9H2,1-4H3,(H,16,22)(H,17,23). The molecule has 0 saturated carbocycles. The molecule has 128 valence electrons. The smallest absolute Gasteiger partial charge is 0.230 e. The first-order chi connectivity index (χ1) is 11.2. The number of amides is 2. The van der Waals surface area contributed by atoms with E-state index in [1.807, 2.05) is 26.8 Å². The number of carbonyl (C=O) groups is 2. The highest BCUT2D eigenvalue weighted by Crippen LogP contribution is 2.20. The van der Waals surface area contributed by atoms with E-state index in [0.29, 0.717) is 16.5 Å². The predicted octanol–water partition coefficient (Wildman–Crippen LogP) is 1.63. The molecule has 0 aliphatic carbocycles. The third-order valence-electron chi connectivity index (χ3n) is 2.70. The van der Waals surface area contributed by atoms with Crippen molar-refractivity contribution in [3.63, 3.8) is 0 Å². The van der Waals surface area contributed by atoms with E-state index in [1.54, 1.807) is 18.2 Å². The van der Waals surface area contributed by atoms with Crippen molar-refractivity contribution in [2.45, 2.75) is 38.4 Å². The summed E-state index contributed by atoms with van der Waals surface area (Å²) in [4.78, 5) is 23.1. The maximum atomic E-state index is 11.9.